The molecule has 0 N–H and O–H groups in total. The zero-order chi connectivity index (χ0) is 16.1. The molecule has 1 aromatic heterocycles. The maximum Gasteiger partial charge on any atom is 0.230 e. The summed E-state index contributed by atoms with van der Waals surface area (Å²) < 4.78 is 11.9. The minimum Gasteiger partial charge on any atom is -0.493 e. The van der Waals surface area contributed by atoms with Gasteiger partial charge in [-0.05, 0) is 30.7 Å². The summed E-state index contributed by atoms with van der Waals surface area (Å²) in [4.78, 5) is 12.1. The van der Waals surface area contributed by atoms with Gasteiger partial charge >= 0.3 is 0 Å². The smallest absolute Gasteiger partial charge is 0.230 e. The van der Waals surface area contributed by atoms with Crippen molar-refractivity contribution >= 4 is 23.5 Å². The zero-order valence-electron chi connectivity index (χ0n) is 12.9. The molecule has 0 spiro atoms. The minimum atomic E-state index is -0.0844. The van der Waals surface area contributed by atoms with Gasteiger partial charge in [-0.2, -0.15) is 5.10 Å². The fraction of sp³-hybridized carbons (Fsp3) is 0.267. The number of carbonyl (C=O) groups is 1. The van der Waals surface area contributed by atoms with Crippen molar-refractivity contribution in [3.05, 3.63) is 39.6 Å². The van der Waals surface area contributed by atoms with Gasteiger partial charge in [-0.1, -0.05) is 0 Å². The molecule has 7 heteroatoms. The van der Waals surface area contributed by atoms with Gasteiger partial charge in [-0.15, -0.1) is 16.4 Å². The van der Waals surface area contributed by atoms with Crippen LogP contribution in [0, 0.1) is 6.92 Å². The molecule has 0 atom stereocenters. The molecular weight excluding hydrogens is 302 g/mol. The van der Waals surface area contributed by atoms with Gasteiger partial charge in [0.2, 0.25) is 10.7 Å². The number of nitrogens with zero attached hydrogens (tertiary/aromatic N) is 3. The van der Waals surface area contributed by atoms with Crippen LogP contribution in [-0.2, 0) is 0 Å². The number of thiazole rings is 1. The molecule has 2 aromatic rings. The lowest BCUT2D eigenvalue weighted by atomic mass is 10.2. The third kappa shape index (κ3) is 3.43. The van der Waals surface area contributed by atoms with E-state index < -0.39 is 0 Å². The number of hydrogen-bond donors (Lipinski definition) is 0. The van der Waals surface area contributed by atoms with Crippen molar-refractivity contribution in [2.75, 3.05) is 14.2 Å². The van der Waals surface area contributed by atoms with Crippen LogP contribution in [0.25, 0.3) is 0 Å². The van der Waals surface area contributed by atoms with Crippen molar-refractivity contribution < 1.29 is 14.3 Å². The van der Waals surface area contributed by atoms with Gasteiger partial charge in [0.05, 0.1) is 20.4 Å². The minimum absolute atomic E-state index is 0.0844. The van der Waals surface area contributed by atoms with Gasteiger partial charge in [-0.25, -0.2) is 0 Å². The van der Waals surface area contributed by atoms with Crippen LogP contribution >= 0.6 is 11.3 Å². The van der Waals surface area contributed by atoms with Crippen molar-refractivity contribution in [2.45, 2.75) is 13.8 Å². The van der Waals surface area contributed by atoms with E-state index in [0.717, 1.165) is 11.3 Å². The predicted molar refractivity (Wildman–Crippen MR) is 86.0 cm³/mol. The Morgan fingerprint density at radius 2 is 2.00 bits per heavy atom. The molecule has 1 heterocycles. The number of ether oxygens (including phenoxy) is 2. The standard InChI is InChI=1S/C15H17N3O3S/c1-10-9-22-15(18(10)11(2)19)17-16-8-12-5-6-13(20-3)14(7-12)21-4/h5-9H,1-4H3. The van der Waals surface area contributed by atoms with E-state index in [0.29, 0.717) is 16.3 Å². The first-order valence-corrected chi connectivity index (χ1v) is 7.42. The Balaban J connectivity index is 2.30. The molecule has 0 saturated heterocycles. The Morgan fingerprint density at radius 3 is 2.64 bits per heavy atom. The summed E-state index contributed by atoms with van der Waals surface area (Å²) in [5.41, 5.74) is 1.67. The molecule has 0 unspecified atom stereocenters. The number of hydrogen-bond acceptors (Lipinski definition) is 6. The molecule has 116 valence electrons. The normalized spacial score (nSPS) is 11.9. The molecule has 0 saturated carbocycles. The summed E-state index contributed by atoms with van der Waals surface area (Å²) in [7, 11) is 3.16. The summed E-state index contributed by atoms with van der Waals surface area (Å²) in [6.07, 6.45) is 1.60. The zero-order valence-corrected chi connectivity index (χ0v) is 13.7. The van der Waals surface area contributed by atoms with E-state index in [1.54, 1.807) is 32.6 Å². The highest BCUT2D eigenvalue weighted by molar-refractivity contribution is 7.07. The second-order valence-electron chi connectivity index (χ2n) is 4.47. The topological polar surface area (TPSA) is 65.2 Å². The Morgan fingerprint density at radius 1 is 1.27 bits per heavy atom. The van der Waals surface area contributed by atoms with Gasteiger partial charge in [-0.3, -0.25) is 9.36 Å². The molecule has 6 nitrogen and oxygen atoms in total. The highest BCUT2D eigenvalue weighted by Crippen LogP contribution is 2.26. The number of methoxy groups -OCH3 is 2. The summed E-state index contributed by atoms with van der Waals surface area (Å²) in [5, 5.41) is 10.0. The van der Waals surface area contributed by atoms with E-state index in [2.05, 4.69) is 10.2 Å². The van der Waals surface area contributed by atoms with Gasteiger partial charge < -0.3 is 9.47 Å². The number of carbonyl (C=O) groups excluding carboxylic acids is 1. The molecule has 0 aliphatic rings. The number of rotatable bonds is 4. The van der Waals surface area contributed by atoms with E-state index in [4.69, 9.17) is 9.47 Å². The van der Waals surface area contributed by atoms with Crippen LogP contribution in [0.5, 0.6) is 11.5 Å². The Labute approximate surface area is 132 Å². The van der Waals surface area contributed by atoms with Crippen LogP contribution in [0.1, 0.15) is 23.0 Å². The van der Waals surface area contributed by atoms with Crippen molar-refractivity contribution in [1.29, 1.82) is 0 Å². The highest BCUT2D eigenvalue weighted by Gasteiger charge is 2.05. The van der Waals surface area contributed by atoms with E-state index >= 15 is 0 Å². The third-order valence-corrected chi connectivity index (χ3v) is 3.89. The predicted octanol–water partition coefficient (Wildman–Crippen LogP) is 2.47. The van der Waals surface area contributed by atoms with E-state index in [1.165, 1.54) is 22.8 Å². The fourth-order valence-corrected chi connectivity index (χ4v) is 2.78. The van der Waals surface area contributed by atoms with Crippen LogP contribution < -0.4 is 14.3 Å². The van der Waals surface area contributed by atoms with Crippen LogP contribution in [-0.4, -0.2) is 30.9 Å². The Bertz CT molecular complexity index is 775. The SMILES string of the molecule is COc1ccc(C=NN=c2scc(C)n2C(C)=O)cc1OC. The average Bonchev–Trinajstić information content (AvgIpc) is 2.88. The molecule has 0 radical (unpaired) electrons. The van der Waals surface area contributed by atoms with Gasteiger partial charge in [0.15, 0.2) is 11.5 Å². The summed E-state index contributed by atoms with van der Waals surface area (Å²) in [6, 6.07) is 5.45. The van der Waals surface area contributed by atoms with E-state index in [-0.39, 0.29) is 5.91 Å². The van der Waals surface area contributed by atoms with E-state index in [1.807, 2.05) is 18.4 Å². The highest BCUT2D eigenvalue weighted by atomic mass is 32.1. The average molecular weight is 319 g/mol. The maximum atomic E-state index is 11.6. The second kappa shape index (κ2) is 7.04. The lowest BCUT2D eigenvalue weighted by molar-refractivity contribution is 0.0931. The monoisotopic (exact) mass is 319 g/mol. The van der Waals surface area contributed by atoms with Crippen molar-refractivity contribution in [3.63, 3.8) is 0 Å². The molecule has 0 aliphatic heterocycles. The molecule has 0 aliphatic carbocycles. The largest absolute Gasteiger partial charge is 0.493 e. The van der Waals surface area contributed by atoms with Gasteiger partial charge in [0.25, 0.3) is 0 Å². The first-order valence-electron chi connectivity index (χ1n) is 6.54. The lowest BCUT2D eigenvalue weighted by Crippen LogP contribution is -2.21. The van der Waals surface area contributed by atoms with Crippen molar-refractivity contribution in [3.8, 4) is 11.5 Å². The summed E-state index contributed by atoms with van der Waals surface area (Å²) >= 11 is 1.37. The Hall–Kier alpha value is -2.41. The first-order chi connectivity index (χ1) is 10.6. The van der Waals surface area contributed by atoms with Crippen molar-refractivity contribution in [2.24, 2.45) is 10.2 Å². The lowest BCUT2D eigenvalue weighted by Gasteiger charge is -2.07. The van der Waals surface area contributed by atoms with Gasteiger partial charge in [0.1, 0.15) is 0 Å². The molecule has 0 fully saturated rings. The van der Waals surface area contributed by atoms with Crippen LogP contribution in [0.3, 0.4) is 0 Å². The first kappa shape index (κ1) is 16.0. The van der Waals surface area contributed by atoms with Crippen LogP contribution in [0.2, 0.25) is 0 Å². The molecule has 2 rings (SSSR count). The molecule has 1 aromatic carbocycles. The van der Waals surface area contributed by atoms with Crippen LogP contribution in [0.15, 0.2) is 33.8 Å². The quantitative estimate of drug-likeness (QED) is 0.642. The molecular formula is C15H17N3O3S. The Kier molecular flexibility index (Phi) is 5.11. The molecule has 0 amide bonds. The third-order valence-electron chi connectivity index (χ3n) is 2.95. The van der Waals surface area contributed by atoms with Crippen LogP contribution in [0.4, 0.5) is 0 Å². The summed E-state index contributed by atoms with van der Waals surface area (Å²) in [5.74, 6) is 1.19. The second-order valence-corrected chi connectivity index (χ2v) is 5.31. The van der Waals surface area contributed by atoms with Gasteiger partial charge in [0, 0.05) is 18.0 Å². The van der Waals surface area contributed by atoms with Crippen molar-refractivity contribution in [1.82, 2.24) is 4.57 Å². The summed E-state index contributed by atoms with van der Waals surface area (Å²) in [6.45, 7) is 3.35. The maximum absolute atomic E-state index is 11.6. The molecule has 0 bridgehead atoms. The van der Waals surface area contributed by atoms with E-state index in [9.17, 15) is 4.79 Å². The number of benzene rings is 1. The number of aromatic nitrogens is 1. The molecule has 22 heavy (non-hydrogen) atoms. The number of aryl methyl sites for hydroxylation is 1. The fourth-order valence-electron chi connectivity index (χ4n) is 1.92.